The second-order valence-corrected chi connectivity index (χ2v) is 23.2. The molecule has 18 atom stereocenters. The predicted octanol–water partition coefficient (Wildman–Crippen LogP) is 10.9. The van der Waals surface area contributed by atoms with E-state index >= 15 is 0 Å². The monoisotopic (exact) mass is 828 g/mol. The number of guanidine groups is 1. The van der Waals surface area contributed by atoms with Gasteiger partial charge in [-0.15, -0.1) is 0 Å². The second kappa shape index (κ2) is 14.5. The van der Waals surface area contributed by atoms with Gasteiger partial charge in [0.05, 0.1) is 42.5 Å². The normalized spacial score (nSPS) is 44.5. The van der Waals surface area contributed by atoms with Gasteiger partial charge < -0.3 is 19.3 Å². The number of hydrogen-bond donors (Lipinski definition) is 0. The van der Waals surface area contributed by atoms with Crippen LogP contribution in [0.1, 0.15) is 131 Å². The van der Waals surface area contributed by atoms with Crippen LogP contribution in [0.15, 0.2) is 71.7 Å². The Labute approximate surface area is 372 Å². The minimum atomic E-state index is 0.276. The lowest BCUT2D eigenvalue weighted by Gasteiger charge is -2.68. The first-order valence-electron chi connectivity index (χ1n) is 26.2. The maximum absolute atomic E-state index is 7.69. The van der Waals surface area contributed by atoms with E-state index in [4.69, 9.17) is 14.5 Å². The molecule has 6 saturated carbocycles. The molecule has 0 bridgehead atoms. The quantitative estimate of drug-likeness (QED) is 0.247. The van der Waals surface area contributed by atoms with Crippen molar-refractivity contribution >= 4 is 18.1 Å². The van der Waals surface area contributed by atoms with Gasteiger partial charge in [0.1, 0.15) is 0 Å². The number of aryl methyl sites for hydroxylation is 3. The molecule has 62 heavy (non-hydrogen) atoms. The Hall–Kier alpha value is -3.09. The number of ether oxygens (including phenoxy) is 2. The average molecular weight is 828 g/mol. The van der Waals surface area contributed by atoms with E-state index in [9.17, 15) is 0 Å². The molecule has 11 aliphatic rings. The number of nitrogens with zero attached hydrogens (tertiary/aromatic N) is 3. The molecule has 5 nitrogen and oxygen atoms in total. The van der Waals surface area contributed by atoms with Crippen LogP contribution in [0.25, 0.3) is 11.1 Å². The molecule has 3 aromatic rings. The van der Waals surface area contributed by atoms with Gasteiger partial charge in [0, 0.05) is 29.8 Å². The predicted molar refractivity (Wildman–Crippen MR) is 250 cm³/mol. The molecular formula is C56H70BN3O2. The molecular weight excluding hydrogens is 757 g/mol. The van der Waals surface area contributed by atoms with Gasteiger partial charge in [0.2, 0.25) is 0 Å². The lowest BCUT2D eigenvalue weighted by atomic mass is 9.22. The van der Waals surface area contributed by atoms with Crippen molar-refractivity contribution in [2.24, 2.45) is 40.5 Å². The fourth-order valence-electron chi connectivity index (χ4n) is 18.9. The third-order valence-electron chi connectivity index (χ3n) is 20.6. The summed E-state index contributed by atoms with van der Waals surface area (Å²) in [4.78, 5) is 12.7. The van der Waals surface area contributed by atoms with Gasteiger partial charge in [-0.2, -0.15) is 0 Å². The van der Waals surface area contributed by atoms with Gasteiger partial charge in [-0.05, 0) is 135 Å². The Kier molecular flexibility index (Phi) is 8.91. The first kappa shape index (κ1) is 38.2. The highest BCUT2D eigenvalue weighted by molar-refractivity contribution is 6.78. The van der Waals surface area contributed by atoms with Crippen molar-refractivity contribution in [2.45, 2.75) is 196 Å². The van der Waals surface area contributed by atoms with Crippen molar-refractivity contribution in [3.63, 3.8) is 0 Å². The van der Waals surface area contributed by atoms with E-state index in [2.05, 4.69) is 97.3 Å². The van der Waals surface area contributed by atoms with Gasteiger partial charge in [0.15, 0.2) is 12.7 Å². The highest BCUT2D eigenvalue weighted by Gasteiger charge is 2.70. The smallest absolute Gasteiger partial charge is 0.198 e. The lowest BCUT2D eigenvalue weighted by molar-refractivity contribution is -0.0987. The third kappa shape index (κ3) is 5.38. The molecule has 14 rings (SSSR count). The van der Waals surface area contributed by atoms with Crippen molar-refractivity contribution < 1.29 is 9.47 Å². The summed E-state index contributed by atoms with van der Waals surface area (Å²) in [5.74, 6) is 7.23. The largest absolute Gasteiger partial charge is 0.374 e. The summed E-state index contributed by atoms with van der Waals surface area (Å²) in [5, 5.41) is 0. The summed E-state index contributed by atoms with van der Waals surface area (Å²) >= 11 is 0. The van der Waals surface area contributed by atoms with Crippen molar-refractivity contribution in [1.29, 1.82) is 0 Å². The molecule has 6 aliphatic carbocycles. The summed E-state index contributed by atoms with van der Waals surface area (Å²) in [6.07, 6.45) is 22.9. The van der Waals surface area contributed by atoms with Crippen LogP contribution in [0, 0.1) is 56.3 Å². The standard InChI is InChI=1S/C56H70BN3O2/c1-31-28-32(2)48(33(3)29-31)40-30-45-51(50-39-19-9-12-23-47(39)61-54(40)50)58-56-59(45)44-21-13-16-35-24-26-42-52(49(35)44)60(56)53-43(27-25-38-37-18-8-11-22-46(37)62-55(38)53)57(42)41-20-10-7-17-36(41)34-14-5-4-6-15-34/h4-7,10,14-15,17,20,28-29,35,37-40,42-47,49-55H,8-9,11-13,16,18-19,21-27,30H2,1-3H3. The molecule has 6 heteroatoms. The van der Waals surface area contributed by atoms with Crippen LogP contribution in [-0.4, -0.2) is 77.1 Å². The Morgan fingerprint density at radius 3 is 2.15 bits per heavy atom. The van der Waals surface area contributed by atoms with Crippen LogP contribution >= 0.6 is 0 Å². The zero-order valence-electron chi connectivity index (χ0n) is 37.8. The van der Waals surface area contributed by atoms with Crippen LogP contribution in [0.5, 0.6) is 0 Å². The highest BCUT2D eigenvalue weighted by atomic mass is 16.5. The van der Waals surface area contributed by atoms with E-state index in [1.165, 1.54) is 137 Å². The zero-order chi connectivity index (χ0) is 41.0. The van der Waals surface area contributed by atoms with E-state index in [0.717, 1.165) is 11.8 Å². The van der Waals surface area contributed by atoms with E-state index in [1.807, 2.05) is 0 Å². The Morgan fingerprint density at radius 2 is 1.31 bits per heavy atom. The van der Waals surface area contributed by atoms with E-state index < -0.39 is 0 Å². The van der Waals surface area contributed by atoms with Crippen LogP contribution < -0.4 is 5.46 Å². The Morgan fingerprint density at radius 1 is 0.597 bits per heavy atom. The summed E-state index contributed by atoms with van der Waals surface area (Å²) in [7, 11) is 0. The molecule has 0 amide bonds. The molecule has 324 valence electrons. The van der Waals surface area contributed by atoms with Crippen LogP contribution in [0.3, 0.4) is 0 Å². The van der Waals surface area contributed by atoms with Gasteiger partial charge in [0.25, 0.3) is 0 Å². The summed E-state index contributed by atoms with van der Waals surface area (Å²) in [6, 6.07) is 28.5. The van der Waals surface area contributed by atoms with E-state index in [-0.39, 0.29) is 6.10 Å². The highest BCUT2D eigenvalue weighted by Crippen LogP contribution is 2.65. The average Bonchev–Trinajstić information content (AvgIpc) is 4.00. The van der Waals surface area contributed by atoms with Gasteiger partial charge in [-0.1, -0.05) is 129 Å². The molecule has 0 spiro atoms. The van der Waals surface area contributed by atoms with E-state index in [1.54, 1.807) is 11.0 Å². The number of benzene rings is 3. The van der Waals surface area contributed by atoms with Crippen molar-refractivity contribution in [2.75, 3.05) is 0 Å². The van der Waals surface area contributed by atoms with Crippen LogP contribution in [0.2, 0.25) is 11.6 Å². The molecule has 5 heterocycles. The number of fused-ring (bicyclic) bond motifs is 15. The number of rotatable bonds is 3. The van der Waals surface area contributed by atoms with Crippen molar-refractivity contribution in [3.05, 3.63) is 89.0 Å². The fraction of sp³-hybridized carbons (Fsp3) is 0.661. The van der Waals surface area contributed by atoms with Crippen LogP contribution in [0.4, 0.5) is 0 Å². The lowest BCUT2D eigenvalue weighted by Crippen LogP contribution is -2.78. The third-order valence-corrected chi connectivity index (χ3v) is 20.6. The topological polar surface area (TPSA) is 37.3 Å². The summed E-state index contributed by atoms with van der Waals surface area (Å²) < 4.78 is 15.2. The molecule has 0 N–H and O–H groups in total. The Bertz CT molecular complexity index is 2240. The zero-order valence-corrected chi connectivity index (χ0v) is 37.8. The van der Waals surface area contributed by atoms with Gasteiger partial charge in [-0.3, -0.25) is 0 Å². The van der Waals surface area contributed by atoms with E-state index in [0.29, 0.717) is 96.5 Å². The molecule has 18 unspecified atom stereocenters. The second-order valence-electron chi connectivity index (χ2n) is 23.2. The number of hydrogen-bond acceptors (Lipinski definition) is 5. The molecule has 0 aromatic heterocycles. The molecule has 0 radical (unpaired) electrons. The minimum absolute atomic E-state index is 0.276. The molecule has 5 aliphatic heterocycles. The molecule has 10 fully saturated rings. The maximum Gasteiger partial charge on any atom is 0.198 e. The van der Waals surface area contributed by atoms with Gasteiger partial charge in [-0.25, -0.2) is 4.99 Å². The first-order chi connectivity index (χ1) is 30.5. The Balaban J connectivity index is 0.947. The fourth-order valence-corrected chi connectivity index (χ4v) is 18.9. The van der Waals surface area contributed by atoms with Crippen molar-refractivity contribution in [1.82, 2.24) is 9.80 Å². The SMILES string of the molecule is Cc1cc(C)c(C2CC3C(N=C4N3C3CCCC5CCC6B(c7ccccc7-c7ccccc7)C7CCC8C9CCCCC9OC8C7N4C6C53)C3C4CCCCC4OC23)c(C)c1. The first-order valence-corrected chi connectivity index (χ1v) is 26.2. The maximum atomic E-state index is 7.69. The van der Waals surface area contributed by atoms with Crippen molar-refractivity contribution in [3.8, 4) is 11.1 Å². The molecule has 3 aromatic carbocycles. The number of aliphatic imine (C=N–C) groups is 1. The van der Waals surface area contributed by atoms with Gasteiger partial charge >= 0.3 is 0 Å². The van der Waals surface area contributed by atoms with Crippen LogP contribution in [-0.2, 0) is 9.47 Å². The molecule has 4 saturated heterocycles. The summed E-state index contributed by atoms with van der Waals surface area (Å²) in [6.45, 7) is 7.66. The minimum Gasteiger partial charge on any atom is -0.374 e. The summed E-state index contributed by atoms with van der Waals surface area (Å²) in [5.41, 5.74) is 10.5.